The molecule has 0 saturated carbocycles. The molecule has 6 heteroatoms. The average molecular weight is 341 g/mol. The second kappa shape index (κ2) is 6.02. The largest absolute Gasteiger partial charge is 0.332 e. The van der Waals surface area contributed by atoms with Crippen LogP contribution in [0.25, 0.3) is 0 Å². The molecule has 2 aliphatic rings. The minimum atomic E-state index is -0.00286. The third kappa shape index (κ3) is 2.60. The third-order valence-corrected chi connectivity index (χ3v) is 5.74. The number of thiophene rings is 1. The maximum atomic E-state index is 12.7. The number of amides is 2. The number of aromatic nitrogens is 1. The van der Waals surface area contributed by atoms with Gasteiger partial charge in [-0.15, -0.1) is 11.3 Å². The zero-order valence-electron chi connectivity index (χ0n) is 13.5. The molecule has 0 aromatic carbocycles. The molecule has 4 heterocycles. The Morgan fingerprint density at radius 2 is 2.17 bits per heavy atom. The number of likely N-dealkylation sites (tertiary alicyclic amines) is 2. The summed E-state index contributed by atoms with van der Waals surface area (Å²) < 4.78 is 0. The van der Waals surface area contributed by atoms with E-state index < -0.39 is 0 Å². The summed E-state index contributed by atoms with van der Waals surface area (Å²) in [4.78, 5) is 34.2. The van der Waals surface area contributed by atoms with Crippen LogP contribution in [0.15, 0.2) is 35.7 Å². The molecule has 0 bridgehead atoms. The Balaban J connectivity index is 1.52. The van der Waals surface area contributed by atoms with Crippen molar-refractivity contribution in [1.29, 1.82) is 0 Å². The molecule has 2 atom stereocenters. The van der Waals surface area contributed by atoms with Crippen LogP contribution in [0.2, 0.25) is 0 Å². The lowest BCUT2D eigenvalue weighted by atomic mass is 10.1. The molecule has 4 rings (SSSR count). The number of pyridine rings is 1. The van der Waals surface area contributed by atoms with E-state index in [0.717, 1.165) is 29.2 Å². The number of hydrogen-bond donors (Lipinski definition) is 0. The predicted molar refractivity (Wildman–Crippen MR) is 91.7 cm³/mol. The molecule has 2 amide bonds. The summed E-state index contributed by atoms with van der Waals surface area (Å²) in [5, 5.41) is 1.91. The zero-order valence-corrected chi connectivity index (χ0v) is 14.3. The van der Waals surface area contributed by atoms with Crippen molar-refractivity contribution < 1.29 is 9.59 Å². The molecule has 0 radical (unpaired) electrons. The Kier molecular flexibility index (Phi) is 3.84. The number of carbonyl (C=O) groups is 2. The van der Waals surface area contributed by atoms with E-state index in [1.165, 1.54) is 11.3 Å². The van der Waals surface area contributed by atoms with E-state index in [1.807, 2.05) is 52.4 Å². The number of aryl methyl sites for hydroxylation is 1. The fourth-order valence-electron chi connectivity index (χ4n) is 3.79. The van der Waals surface area contributed by atoms with E-state index in [-0.39, 0.29) is 23.9 Å². The third-order valence-electron chi connectivity index (χ3n) is 4.89. The topological polar surface area (TPSA) is 53.5 Å². The fraction of sp³-hybridized carbons (Fsp3) is 0.389. The Hall–Kier alpha value is -2.21. The number of nitrogens with zero attached hydrogens (tertiary/aromatic N) is 3. The van der Waals surface area contributed by atoms with Crippen LogP contribution >= 0.6 is 11.3 Å². The van der Waals surface area contributed by atoms with Crippen LogP contribution in [-0.2, 0) is 11.3 Å². The van der Waals surface area contributed by atoms with E-state index in [9.17, 15) is 9.59 Å². The van der Waals surface area contributed by atoms with Gasteiger partial charge in [0.05, 0.1) is 29.2 Å². The van der Waals surface area contributed by atoms with Crippen molar-refractivity contribution in [2.45, 2.75) is 38.4 Å². The molecule has 2 fully saturated rings. The molecule has 2 aromatic heterocycles. The lowest BCUT2D eigenvalue weighted by Gasteiger charge is -2.25. The maximum Gasteiger partial charge on any atom is 0.264 e. The van der Waals surface area contributed by atoms with Gasteiger partial charge in [0.25, 0.3) is 5.91 Å². The first-order valence-corrected chi connectivity index (χ1v) is 9.08. The van der Waals surface area contributed by atoms with Crippen molar-refractivity contribution in [1.82, 2.24) is 14.8 Å². The van der Waals surface area contributed by atoms with Crippen molar-refractivity contribution in [3.63, 3.8) is 0 Å². The van der Waals surface area contributed by atoms with Crippen molar-refractivity contribution in [3.05, 3.63) is 52.0 Å². The summed E-state index contributed by atoms with van der Waals surface area (Å²) in [6.07, 6.45) is 1.27. The lowest BCUT2D eigenvalue weighted by molar-refractivity contribution is -0.129. The van der Waals surface area contributed by atoms with Gasteiger partial charge in [0.1, 0.15) is 0 Å². The van der Waals surface area contributed by atoms with Gasteiger partial charge in [-0.3, -0.25) is 14.6 Å². The van der Waals surface area contributed by atoms with Crippen LogP contribution in [0.3, 0.4) is 0 Å². The smallest absolute Gasteiger partial charge is 0.264 e. The highest BCUT2D eigenvalue weighted by molar-refractivity contribution is 7.12. The Bertz CT molecular complexity index is 774. The second-order valence-electron chi connectivity index (χ2n) is 6.40. The van der Waals surface area contributed by atoms with Crippen molar-refractivity contribution in [2.24, 2.45) is 0 Å². The lowest BCUT2D eigenvalue weighted by Crippen LogP contribution is -2.39. The minimum absolute atomic E-state index is 0.00286. The van der Waals surface area contributed by atoms with Gasteiger partial charge in [-0.1, -0.05) is 12.1 Å². The Labute approximate surface area is 144 Å². The van der Waals surface area contributed by atoms with E-state index in [4.69, 9.17) is 0 Å². The molecule has 0 N–H and O–H groups in total. The molecule has 0 aliphatic carbocycles. The second-order valence-corrected chi connectivity index (χ2v) is 7.34. The standard InChI is InChI=1S/C18H19N3O2S/c1-12-4-2-5-13(19-12)11-21-14-7-8-20(15(14)10-17(21)22)18(23)16-6-3-9-24-16/h2-6,9,14-15H,7-8,10-11H2,1H3/t14-,15+/m0/s1. The van der Waals surface area contributed by atoms with Gasteiger partial charge in [-0.2, -0.15) is 0 Å². The highest BCUT2D eigenvalue weighted by Crippen LogP contribution is 2.34. The van der Waals surface area contributed by atoms with E-state index in [2.05, 4.69) is 4.98 Å². The maximum absolute atomic E-state index is 12.7. The Morgan fingerprint density at radius 3 is 2.92 bits per heavy atom. The van der Waals surface area contributed by atoms with Crippen molar-refractivity contribution >= 4 is 23.2 Å². The molecule has 2 aliphatic heterocycles. The van der Waals surface area contributed by atoms with Gasteiger partial charge in [0.2, 0.25) is 5.91 Å². The normalized spacial score (nSPS) is 23.0. The van der Waals surface area contributed by atoms with Gasteiger partial charge in [0, 0.05) is 18.7 Å². The van der Waals surface area contributed by atoms with Gasteiger partial charge in [0.15, 0.2) is 0 Å². The van der Waals surface area contributed by atoms with Gasteiger partial charge < -0.3 is 9.80 Å². The quantitative estimate of drug-likeness (QED) is 0.862. The van der Waals surface area contributed by atoms with Gasteiger partial charge in [-0.05, 0) is 36.9 Å². The molecule has 2 aromatic rings. The fourth-order valence-corrected chi connectivity index (χ4v) is 4.47. The van der Waals surface area contributed by atoms with E-state index in [1.54, 1.807) is 0 Å². The molecule has 124 valence electrons. The van der Waals surface area contributed by atoms with Gasteiger partial charge >= 0.3 is 0 Å². The predicted octanol–water partition coefficient (Wildman–Crippen LogP) is 2.47. The highest BCUT2D eigenvalue weighted by Gasteiger charge is 2.48. The monoisotopic (exact) mass is 341 g/mol. The number of carbonyl (C=O) groups excluding carboxylic acids is 2. The molecular formula is C18H19N3O2S. The number of fused-ring (bicyclic) bond motifs is 1. The van der Waals surface area contributed by atoms with Crippen molar-refractivity contribution in [3.8, 4) is 0 Å². The number of hydrogen-bond acceptors (Lipinski definition) is 4. The SMILES string of the molecule is Cc1cccc(CN2C(=O)C[C@@H]3[C@@H]2CCN3C(=O)c2cccs2)n1. The van der Waals surface area contributed by atoms with Crippen LogP contribution in [0.5, 0.6) is 0 Å². The van der Waals surface area contributed by atoms with Gasteiger partial charge in [-0.25, -0.2) is 0 Å². The molecular weight excluding hydrogens is 322 g/mol. The summed E-state index contributed by atoms with van der Waals surface area (Å²) in [5.41, 5.74) is 1.86. The molecule has 2 saturated heterocycles. The summed E-state index contributed by atoms with van der Waals surface area (Å²) >= 11 is 1.46. The van der Waals surface area contributed by atoms with E-state index >= 15 is 0 Å². The number of rotatable bonds is 3. The summed E-state index contributed by atoms with van der Waals surface area (Å²) in [5.74, 6) is 0.179. The average Bonchev–Trinajstić information content (AvgIpc) is 3.26. The molecule has 24 heavy (non-hydrogen) atoms. The first-order valence-electron chi connectivity index (χ1n) is 8.20. The minimum Gasteiger partial charge on any atom is -0.332 e. The van der Waals surface area contributed by atoms with Crippen LogP contribution in [0.1, 0.15) is 33.9 Å². The molecule has 0 unspecified atom stereocenters. The van der Waals surface area contributed by atoms with Crippen LogP contribution in [0.4, 0.5) is 0 Å². The molecule has 0 spiro atoms. The van der Waals surface area contributed by atoms with E-state index in [0.29, 0.717) is 13.0 Å². The van der Waals surface area contributed by atoms with Crippen molar-refractivity contribution in [2.75, 3.05) is 6.54 Å². The summed E-state index contributed by atoms with van der Waals surface area (Å²) in [7, 11) is 0. The molecule has 5 nitrogen and oxygen atoms in total. The van der Waals surface area contributed by atoms with Crippen LogP contribution in [0, 0.1) is 6.92 Å². The summed E-state index contributed by atoms with van der Waals surface area (Å²) in [6, 6.07) is 9.73. The summed E-state index contributed by atoms with van der Waals surface area (Å²) in [6.45, 7) is 3.20. The van der Waals surface area contributed by atoms with Crippen LogP contribution < -0.4 is 0 Å². The van der Waals surface area contributed by atoms with Crippen LogP contribution in [-0.4, -0.2) is 45.2 Å². The Morgan fingerprint density at radius 1 is 1.29 bits per heavy atom. The first-order chi connectivity index (χ1) is 11.6. The first kappa shape index (κ1) is 15.3. The zero-order chi connectivity index (χ0) is 16.7. The highest BCUT2D eigenvalue weighted by atomic mass is 32.1.